The second-order valence-corrected chi connectivity index (χ2v) is 9.17. The zero-order valence-corrected chi connectivity index (χ0v) is 20.4. The molecule has 1 saturated heterocycles. The topological polar surface area (TPSA) is 89.6 Å². The molecule has 1 aliphatic heterocycles. The average molecular weight is 502 g/mol. The summed E-state index contributed by atoms with van der Waals surface area (Å²) in [7, 11) is 1.84. The molecule has 0 saturated carbocycles. The Morgan fingerprint density at radius 1 is 1.00 bits per heavy atom. The van der Waals surface area contributed by atoms with Gasteiger partial charge in [-0.15, -0.1) is 5.10 Å². The lowest BCUT2D eigenvalue weighted by molar-refractivity contribution is 0.336. The van der Waals surface area contributed by atoms with Gasteiger partial charge in [0.05, 0.1) is 23.4 Å². The van der Waals surface area contributed by atoms with Crippen molar-refractivity contribution in [1.82, 2.24) is 39.6 Å². The molecule has 9 nitrogen and oxygen atoms in total. The van der Waals surface area contributed by atoms with Crippen LogP contribution < -0.4 is 5.32 Å². The van der Waals surface area contributed by atoms with Crippen LogP contribution in [0.2, 0.25) is 0 Å². The van der Waals surface area contributed by atoms with Gasteiger partial charge in [0.2, 0.25) is 5.95 Å². The molecule has 0 radical (unpaired) electrons. The molecule has 4 heterocycles. The summed E-state index contributed by atoms with van der Waals surface area (Å²) in [6.07, 6.45) is 3.40. The number of aryl methyl sites for hydroxylation is 1. The van der Waals surface area contributed by atoms with Crippen LogP contribution in [0.5, 0.6) is 0 Å². The van der Waals surface area contributed by atoms with Crippen LogP contribution in [0.4, 0.5) is 20.5 Å². The van der Waals surface area contributed by atoms with Crippen LogP contribution in [-0.4, -0.2) is 59.3 Å². The molecular weight excluding hydrogens is 476 g/mol. The third-order valence-corrected chi connectivity index (χ3v) is 6.98. The summed E-state index contributed by atoms with van der Waals surface area (Å²) < 4.78 is 31.3. The molecule has 1 aliphatic rings. The lowest BCUT2D eigenvalue weighted by Crippen LogP contribution is -2.21. The minimum Gasteiger partial charge on any atom is -0.309 e. The fraction of sp³-hybridized carbons (Fsp3) is 0.269. The molecule has 0 unspecified atom stereocenters. The number of nitrogens with zero attached hydrogens (tertiary/aromatic N) is 8. The van der Waals surface area contributed by atoms with Gasteiger partial charge in [0.25, 0.3) is 0 Å². The summed E-state index contributed by atoms with van der Waals surface area (Å²) in [5, 5.41) is 16.3. The first-order valence-electron chi connectivity index (χ1n) is 12.1. The zero-order chi connectivity index (χ0) is 25.5. The highest BCUT2D eigenvalue weighted by atomic mass is 19.2. The fourth-order valence-electron chi connectivity index (χ4n) is 4.98. The standard InChI is InChI=1S/C26H25F2N9/c1-3-36-14-18(16-4-6-19(27)20(28)12-16)24(15-36)37-23-7-5-17(13-22(23)33-34-37)21-8-10-29-26(31-21)32-25-9-11-30-35(25)2/h4-13,18,24H,3,14-15H2,1-2H3,(H,29,31,32)/t18-,24-/m0/s1. The van der Waals surface area contributed by atoms with Gasteiger partial charge in [0.15, 0.2) is 11.6 Å². The molecule has 188 valence electrons. The molecule has 1 fully saturated rings. The molecule has 0 amide bonds. The van der Waals surface area contributed by atoms with Crippen molar-refractivity contribution < 1.29 is 8.78 Å². The lowest BCUT2D eigenvalue weighted by atomic mass is 9.94. The Bertz CT molecular complexity index is 1580. The van der Waals surface area contributed by atoms with Crippen molar-refractivity contribution in [2.24, 2.45) is 7.05 Å². The van der Waals surface area contributed by atoms with E-state index >= 15 is 0 Å². The molecule has 3 aromatic heterocycles. The van der Waals surface area contributed by atoms with Crippen LogP contribution in [0.1, 0.15) is 24.4 Å². The second kappa shape index (κ2) is 9.32. The highest BCUT2D eigenvalue weighted by Crippen LogP contribution is 2.38. The number of anilines is 2. The lowest BCUT2D eigenvalue weighted by Gasteiger charge is -2.20. The Labute approximate surface area is 211 Å². The van der Waals surface area contributed by atoms with Crippen LogP contribution in [0.25, 0.3) is 22.3 Å². The van der Waals surface area contributed by atoms with Crippen molar-refractivity contribution in [3.05, 3.63) is 78.1 Å². The summed E-state index contributed by atoms with van der Waals surface area (Å²) in [5.41, 5.74) is 4.00. The smallest absolute Gasteiger partial charge is 0.228 e. The van der Waals surface area contributed by atoms with Crippen molar-refractivity contribution in [3.8, 4) is 11.3 Å². The fourth-order valence-corrected chi connectivity index (χ4v) is 4.98. The number of fused-ring (bicyclic) bond motifs is 1. The average Bonchev–Trinajstić information content (AvgIpc) is 3.64. The monoisotopic (exact) mass is 501 g/mol. The summed E-state index contributed by atoms with van der Waals surface area (Å²) in [6, 6.07) is 13.7. The maximum atomic E-state index is 14.1. The van der Waals surface area contributed by atoms with Crippen LogP contribution >= 0.6 is 0 Å². The van der Waals surface area contributed by atoms with Crippen molar-refractivity contribution in [2.45, 2.75) is 18.9 Å². The van der Waals surface area contributed by atoms with E-state index in [4.69, 9.17) is 0 Å². The summed E-state index contributed by atoms with van der Waals surface area (Å²) >= 11 is 0. The zero-order valence-electron chi connectivity index (χ0n) is 20.4. The number of benzene rings is 2. The number of likely N-dealkylation sites (N-methyl/N-ethyl adjacent to an activating group) is 1. The van der Waals surface area contributed by atoms with E-state index in [1.54, 1.807) is 23.1 Å². The van der Waals surface area contributed by atoms with Gasteiger partial charge in [-0.3, -0.25) is 4.68 Å². The highest BCUT2D eigenvalue weighted by Gasteiger charge is 2.36. The third kappa shape index (κ3) is 4.31. The van der Waals surface area contributed by atoms with Crippen molar-refractivity contribution >= 4 is 22.8 Å². The van der Waals surface area contributed by atoms with E-state index in [0.29, 0.717) is 5.95 Å². The van der Waals surface area contributed by atoms with E-state index in [1.165, 1.54) is 12.1 Å². The van der Waals surface area contributed by atoms with E-state index in [1.807, 2.05) is 42.1 Å². The first-order valence-corrected chi connectivity index (χ1v) is 12.1. The molecule has 11 heteroatoms. The molecule has 5 aromatic rings. The molecule has 0 bridgehead atoms. The van der Waals surface area contributed by atoms with Crippen LogP contribution in [-0.2, 0) is 7.05 Å². The summed E-state index contributed by atoms with van der Waals surface area (Å²) in [5.74, 6) is -0.468. The van der Waals surface area contributed by atoms with Crippen molar-refractivity contribution in [1.29, 1.82) is 0 Å². The predicted octanol–water partition coefficient (Wildman–Crippen LogP) is 4.30. The largest absolute Gasteiger partial charge is 0.309 e. The number of nitrogens with one attached hydrogen (secondary N) is 1. The number of halogens is 2. The Morgan fingerprint density at radius 2 is 1.89 bits per heavy atom. The van der Waals surface area contributed by atoms with Gasteiger partial charge in [-0.25, -0.2) is 23.4 Å². The van der Waals surface area contributed by atoms with Crippen LogP contribution in [0, 0.1) is 11.6 Å². The minimum absolute atomic E-state index is 0.0397. The molecule has 6 rings (SSSR count). The molecule has 2 aromatic carbocycles. The molecule has 2 atom stereocenters. The molecule has 0 spiro atoms. The van der Waals surface area contributed by atoms with Gasteiger partial charge in [-0.2, -0.15) is 5.10 Å². The maximum Gasteiger partial charge on any atom is 0.228 e. The van der Waals surface area contributed by atoms with Gasteiger partial charge < -0.3 is 10.2 Å². The van der Waals surface area contributed by atoms with Gasteiger partial charge in [-0.05, 0) is 42.4 Å². The molecule has 1 N–H and O–H groups in total. The number of likely N-dealkylation sites (tertiary alicyclic amines) is 1. The van der Waals surface area contributed by atoms with E-state index in [2.05, 4.69) is 42.5 Å². The van der Waals surface area contributed by atoms with E-state index in [-0.39, 0.29) is 12.0 Å². The maximum absolute atomic E-state index is 14.1. The third-order valence-electron chi connectivity index (χ3n) is 6.98. The van der Waals surface area contributed by atoms with E-state index in [9.17, 15) is 8.78 Å². The second-order valence-electron chi connectivity index (χ2n) is 9.17. The van der Waals surface area contributed by atoms with E-state index < -0.39 is 11.6 Å². The van der Waals surface area contributed by atoms with Crippen molar-refractivity contribution in [3.63, 3.8) is 0 Å². The van der Waals surface area contributed by atoms with Gasteiger partial charge in [-0.1, -0.05) is 24.3 Å². The molecule has 37 heavy (non-hydrogen) atoms. The van der Waals surface area contributed by atoms with Crippen LogP contribution in [0.3, 0.4) is 0 Å². The normalized spacial score (nSPS) is 18.1. The Kier molecular flexibility index (Phi) is 5.84. The Balaban J connectivity index is 1.32. The Morgan fingerprint density at radius 3 is 2.68 bits per heavy atom. The Hall–Kier alpha value is -4.25. The first kappa shape index (κ1) is 23.2. The molecular formula is C26H25F2N9. The summed E-state index contributed by atoms with van der Waals surface area (Å²) in [4.78, 5) is 11.2. The minimum atomic E-state index is -0.840. The molecule has 0 aliphatic carbocycles. The number of hydrogen-bond acceptors (Lipinski definition) is 7. The number of hydrogen-bond donors (Lipinski definition) is 1. The van der Waals surface area contributed by atoms with E-state index in [0.717, 1.165) is 53.3 Å². The summed E-state index contributed by atoms with van der Waals surface area (Å²) in [6.45, 7) is 4.43. The quantitative estimate of drug-likeness (QED) is 0.371. The number of aromatic nitrogens is 7. The number of rotatable bonds is 6. The van der Waals surface area contributed by atoms with Crippen LogP contribution in [0.15, 0.2) is 60.9 Å². The highest BCUT2D eigenvalue weighted by molar-refractivity contribution is 5.81. The van der Waals surface area contributed by atoms with Gasteiger partial charge >= 0.3 is 0 Å². The predicted molar refractivity (Wildman–Crippen MR) is 135 cm³/mol. The van der Waals surface area contributed by atoms with Crippen molar-refractivity contribution in [2.75, 3.05) is 25.0 Å². The van der Waals surface area contributed by atoms with Gasteiger partial charge in [0, 0.05) is 43.9 Å². The first-order chi connectivity index (χ1) is 18.0. The SMILES string of the molecule is CCN1C[C@@H](c2ccc(F)c(F)c2)[C@@H](n2nnc3cc(-c4ccnc(Nc5ccnn5C)n4)ccc32)C1. The van der Waals surface area contributed by atoms with Gasteiger partial charge in [0.1, 0.15) is 11.3 Å².